The number of amides is 4. The van der Waals surface area contributed by atoms with Gasteiger partial charge in [-0.2, -0.15) is 0 Å². The quantitative estimate of drug-likeness (QED) is 0.227. The van der Waals surface area contributed by atoms with Crippen LogP contribution in [0.4, 0.5) is 31.0 Å². The number of likely N-dealkylation sites (tertiary alicyclic amines) is 2. The molecular weight excluding hydrogens is 689 g/mol. The number of carbonyl (C=O) groups is 4. The lowest BCUT2D eigenvalue weighted by Gasteiger charge is -2.29. The van der Waals surface area contributed by atoms with Gasteiger partial charge in [0.05, 0.1) is 0 Å². The van der Waals surface area contributed by atoms with E-state index in [-0.39, 0.29) is 29.5 Å². The van der Waals surface area contributed by atoms with Crippen molar-refractivity contribution in [2.24, 2.45) is 11.8 Å². The molecule has 0 bridgehead atoms. The maximum Gasteiger partial charge on any atom is 0.410 e. The highest BCUT2D eigenvalue weighted by Gasteiger charge is 2.42. The summed E-state index contributed by atoms with van der Waals surface area (Å²) in [6.07, 6.45) is 0.434. The van der Waals surface area contributed by atoms with Crippen molar-refractivity contribution in [3.63, 3.8) is 0 Å². The minimum absolute atomic E-state index is 0.0167. The molecule has 0 aliphatic carbocycles. The van der Waals surface area contributed by atoms with Crippen LogP contribution in [-0.2, 0) is 32.2 Å². The fraction of sp³-hybridized carbons (Fsp3) is 0.476. The predicted molar refractivity (Wildman–Crippen MR) is 207 cm³/mol. The molecule has 5 rings (SSSR count). The number of rotatable bonds is 9. The third-order valence-electron chi connectivity index (χ3n) is 9.58. The van der Waals surface area contributed by atoms with E-state index in [9.17, 15) is 23.6 Å². The first-order valence-corrected chi connectivity index (χ1v) is 18.7. The van der Waals surface area contributed by atoms with Gasteiger partial charge in [-0.05, 0) is 126 Å². The first-order chi connectivity index (χ1) is 25.4. The summed E-state index contributed by atoms with van der Waals surface area (Å²) in [4.78, 5) is 57.6. The first-order valence-electron chi connectivity index (χ1n) is 18.7. The lowest BCUT2D eigenvalue weighted by molar-refractivity contribution is -0.122. The van der Waals surface area contributed by atoms with Crippen molar-refractivity contribution in [2.45, 2.75) is 105 Å². The molecule has 3 aromatic carbocycles. The summed E-state index contributed by atoms with van der Waals surface area (Å²) in [6, 6.07) is 20.1. The fourth-order valence-corrected chi connectivity index (χ4v) is 6.89. The number of nitrogens with zero attached hydrogens (tertiary/aromatic N) is 3. The second-order valence-corrected chi connectivity index (χ2v) is 16.5. The Morgan fingerprint density at radius 2 is 1.02 bits per heavy atom. The van der Waals surface area contributed by atoms with E-state index in [1.165, 1.54) is 21.9 Å². The van der Waals surface area contributed by atoms with E-state index < -0.39 is 35.5 Å². The number of benzene rings is 3. The van der Waals surface area contributed by atoms with Crippen LogP contribution in [0.15, 0.2) is 72.8 Å². The highest BCUT2D eigenvalue weighted by Crippen LogP contribution is 2.30. The van der Waals surface area contributed by atoms with E-state index in [0.29, 0.717) is 50.4 Å². The van der Waals surface area contributed by atoms with Crippen molar-refractivity contribution in [3.8, 4) is 0 Å². The maximum absolute atomic E-state index is 13.9. The zero-order chi connectivity index (χ0) is 39.4. The van der Waals surface area contributed by atoms with Crippen molar-refractivity contribution >= 4 is 41.1 Å². The number of hydrogen-bond donors (Lipinski definition) is 2. The van der Waals surface area contributed by atoms with Crippen LogP contribution in [0.3, 0.4) is 0 Å². The van der Waals surface area contributed by atoms with Gasteiger partial charge in [-0.25, -0.2) is 14.0 Å². The highest BCUT2D eigenvalue weighted by atomic mass is 19.1. The van der Waals surface area contributed by atoms with Crippen molar-refractivity contribution in [2.75, 3.05) is 28.6 Å². The molecule has 2 aliphatic heterocycles. The van der Waals surface area contributed by atoms with Crippen molar-refractivity contribution in [1.82, 2.24) is 9.80 Å². The van der Waals surface area contributed by atoms with Gasteiger partial charge in [0.15, 0.2) is 0 Å². The largest absolute Gasteiger partial charge is 0.444 e. The van der Waals surface area contributed by atoms with Gasteiger partial charge in [-0.15, -0.1) is 0 Å². The summed E-state index contributed by atoms with van der Waals surface area (Å²) in [6.45, 7) is 16.6. The van der Waals surface area contributed by atoms with Gasteiger partial charge in [0.25, 0.3) is 0 Å². The molecule has 2 fully saturated rings. The molecule has 2 N–H and O–H groups in total. The molecule has 3 aromatic rings. The third kappa shape index (κ3) is 10.5. The number of halogens is 1. The Hall–Kier alpha value is -5.13. The second-order valence-electron chi connectivity index (χ2n) is 16.5. The van der Waals surface area contributed by atoms with Crippen LogP contribution >= 0.6 is 0 Å². The van der Waals surface area contributed by atoms with Crippen LogP contribution in [0.5, 0.6) is 0 Å². The Kier molecular flexibility index (Phi) is 12.2. The Balaban J connectivity index is 1.24. The van der Waals surface area contributed by atoms with Gasteiger partial charge in [-0.1, -0.05) is 38.1 Å². The van der Waals surface area contributed by atoms with Crippen molar-refractivity contribution < 1.29 is 33.0 Å². The Bertz CT molecular complexity index is 1680. The highest BCUT2D eigenvalue weighted by molar-refractivity contribution is 5.98. The van der Waals surface area contributed by atoms with Crippen molar-refractivity contribution in [3.05, 3.63) is 89.7 Å². The van der Waals surface area contributed by atoms with Crippen molar-refractivity contribution in [1.29, 1.82) is 0 Å². The molecule has 0 radical (unpaired) electrons. The number of nitrogens with one attached hydrogen (secondary N) is 2. The molecular formula is C42H54FN5O6. The molecule has 0 aromatic heterocycles. The SMILES string of the molecule is CC1CCN(C(=O)OC(C)(C)C)C1C(=O)Nc1ccc(CN(Cc2ccc(NC(=O)C3C(C)CCN3C(=O)OC(C)(C)C)cc2)c2ccc(F)cc2)cc1. The Labute approximate surface area is 318 Å². The van der Waals surface area contributed by atoms with Crippen LogP contribution in [0.1, 0.15) is 79.4 Å². The Morgan fingerprint density at radius 3 is 1.37 bits per heavy atom. The summed E-state index contributed by atoms with van der Waals surface area (Å²) in [5, 5.41) is 5.95. The lowest BCUT2D eigenvalue weighted by Crippen LogP contribution is -2.47. The number of ether oxygens (including phenoxy) is 2. The smallest absolute Gasteiger partial charge is 0.410 e. The maximum atomic E-state index is 13.9. The average Bonchev–Trinajstić information content (AvgIpc) is 3.67. The van der Waals surface area contributed by atoms with Gasteiger partial charge in [-0.3, -0.25) is 19.4 Å². The van der Waals surface area contributed by atoms with E-state index >= 15 is 0 Å². The van der Waals surface area contributed by atoms with Gasteiger partial charge >= 0.3 is 12.2 Å². The summed E-state index contributed by atoms with van der Waals surface area (Å²) in [5.41, 5.74) is 2.65. The van der Waals surface area contributed by atoms with Crippen LogP contribution in [0.2, 0.25) is 0 Å². The molecule has 2 aliphatic rings. The topological polar surface area (TPSA) is 121 Å². The zero-order valence-electron chi connectivity index (χ0n) is 32.6. The normalized spacial score (nSPS) is 20.0. The monoisotopic (exact) mass is 743 g/mol. The third-order valence-corrected chi connectivity index (χ3v) is 9.58. The molecule has 11 nitrogen and oxygen atoms in total. The molecule has 4 atom stereocenters. The van der Waals surface area contributed by atoms with E-state index in [0.717, 1.165) is 16.8 Å². The Morgan fingerprint density at radius 1 is 0.648 bits per heavy atom. The van der Waals surface area contributed by atoms with E-state index in [1.807, 2.05) is 62.4 Å². The number of carbonyl (C=O) groups excluding carboxylic acids is 4. The molecule has 12 heteroatoms. The second kappa shape index (κ2) is 16.5. The zero-order valence-corrected chi connectivity index (χ0v) is 32.6. The fourth-order valence-electron chi connectivity index (χ4n) is 6.89. The van der Waals surface area contributed by atoms with Crippen LogP contribution in [0.25, 0.3) is 0 Å². The minimum atomic E-state index is -0.662. The van der Waals surface area contributed by atoms with Crippen LogP contribution < -0.4 is 15.5 Å². The molecule has 290 valence electrons. The summed E-state index contributed by atoms with van der Waals surface area (Å²) in [7, 11) is 0. The van der Waals surface area contributed by atoms with E-state index in [1.54, 1.807) is 53.7 Å². The first kappa shape index (κ1) is 40.1. The molecule has 0 saturated carbocycles. The standard InChI is InChI=1S/C42H54FN5O6/c1-27-21-23-47(39(51)53-41(3,4)5)35(27)37(49)44-32-15-9-29(10-16-32)25-46(34-19-13-31(43)14-20-34)26-30-11-17-33(18-12-30)45-38(50)36-28(2)22-24-48(36)40(52)54-42(6,7)8/h9-20,27-28,35-36H,21-26H2,1-8H3,(H,44,49)(H,45,50). The predicted octanol–water partition coefficient (Wildman–Crippen LogP) is 8.20. The summed E-state index contributed by atoms with van der Waals surface area (Å²) < 4.78 is 25.0. The lowest BCUT2D eigenvalue weighted by atomic mass is 10.0. The minimum Gasteiger partial charge on any atom is -0.444 e. The molecule has 2 saturated heterocycles. The van der Waals surface area contributed by atoms with E-state index in [4.69, 9.17) is 9.47 Å². The average molecular weight is 744 g/mol. The molecule has 54 heavy (non-hydrogen) atoms. The van der Waals surface area contributed by atoms with Gasteiger partial charge < -0.3 is 25.0 Å². The number of hydrogen-bond acceptors (Lipinski definition) is 7. The van der Waals surface area contributed by atoms with Gasteiger partial charge in [0, 0.05) is 43.2 Å². The summed E-state index contributed by atoms with van der Waals surface area (Å²) >= 11 is 0. The molecule has 4 amide bonds. The van der Waals surface area contributed by atoms with Crippen LogP contribution in [0, 0.1) is 17.7 Å². The van der Waals surface area contributed by atoms with Crippen LogP contribution in [-0.4, -0.2) is 70.2 Å². The van der Waals surface area contributed by atoms with Gasteiger partial charge in [0.1, 0.15) is 29.1 Å². The number of anilines is 3. The molecule has 4 unspecified atom stereocenters. The van der Waals surface area contributed by atoms with Gasteiger partial charge in [0.2, 0.25) is 11.8 Å². The summed E-state index contributed by atoms with van der Waals surface area (Å²) in [5.74, 6) is -0.884. The molecule has 2 heterocycles. The molecule has 0 spiro atoms. The van der Waals surface area contributed by atoms with E-state index in [2.05, 4.69) is 15.5 Å².